The predicted molar refractivity (Wildman–Crippen MR) is 71.8 cm³/mol. The highest BCUT2D eigenvalue weighted by molar-refractivity contribution is 5.77. The Hall–Kier alpha value is -1.52. The van der Waals surface area contributed by atoms with Crippen LogP contribution in [0.2, 0.25) is 0 Å². The summed E-state index contributed by atoms with van der Waals surface area (Å²) >= 11 is 0. The lowest BCUT2D eigenvalue weighted by molar-refractivity contribution is -0.140. The monoisotopic (exact) mass is 266 g/mol. The van der Waals surface area contributed by atoms with Crippen LogP contribution in [-0.4, -0.2) is 40.6 Å². The number of aliphatic carboxylic acids is 1. The van der Waals surface area contributed by atoms with Crippen molar-refractivity contribution >= 4 is 12.0 Å². The third-order valence-corrected chi connectivity index (χ3v) is 3.71. The maximum absolute atomic E-state index is 12.2. The molecule has 0 bridgehead atoms. The molecule has 2 N–H and O–H groups in total. The molecule has 0 aromatic carbocycles. The molecule has 5 nitrogen and oxygen atoms in total. The number of hydrogen-bond acceptors (Lipinski definition) is 2. The third-order valence-electron chi connectivity index (χ3n) is 3.71. The first-order valence-electron chi connectivity index (χ1n) is 7.10. The fourth-order valence-corrected chi connectivity index (χ4v) is 2.40. The van der Waals surface area contributed by atoms with Gasteiger partial charge in [-0.15, -0.1) is 0 Å². The highest BCUT2D eigenvalue weighted by Crippen LogP contribution is 2.27. The van der Waals surface area contributed by atoms with Crippen LogP contribution in [0.15, 0.2) is 12.2 Å². The fourth-order valence-electron chi connectivity index (χ4n) is 2.40. The van der Waals surface area contributed by atoms with Gasteiger partial charge in [-0.25, -0.2) is 4.79 Å². The van der Waals surface area contributed by atoms with Crippen LogP contribution in [0.3, 0.4) is 0 Å². The van der Waals surface area contributed by atoms with Gasteiger partial charge in [0.15, 0.2) is 0 Å². The standard InChI is InChI=1S/C14H22N2O3/c1-2-3-8-16(12-6-7-12)14(19)15-11-5-4-10(9-11)13(17)18/h4-5,10-12H,2-3,6-9H2,1H3,(H,15,19)(H,17,18). The second-order valence-corrected chi connectivity index (χ2v) is 5.40. The minimum absolute atomic E-state index is 0.0448. The summed E-state index contributed by atoms with van der Waals surface area (Å²) < 4.78 is 0. The van der Waals surface area contributed by atoms with E-state index in [9.17, 15) is 9.59 Å². The van der Waals surface area contributed by atoms with Gasteiger partial charge in [0.1, 0.15) is 0 Å². The fraction of sp³-hybridized carbons (Fsp3) is 0.714. The normalized spacial score (nSPS) is 25.3. The zero-order chi connectivity index (χ0) is 13.8. The van der Waals surface area contributed by atoms with Crippen molar-refractivity contribution in [2.24, 2.45) is 5.92 Å². The summed E-state index contributed by atoms with van der Waals surface area (Å²) in [7, 11) is 0. The zero-order valence-electron chi connectivity index (χ0n) is 11.3. The van der Waals surface area contributed by atoms with E-state index in [4.69, 9.17) is 5.11 Å². The van der Waals surface area contributed by atoms with Crippen LogP contribution in [0.4, 0.5) is 4.79 Å². The van der Waals surface area contributed by atoms with Gasteiger partial charge in [-0.1, -0.05) is 25.5 Å². The molecule has 2 atom stereocenters. The topological polar surface area (TPSA) is 69.6 Å². The molecule has 0 heterocycles. The van der Waals surface area contributed by atoms with Crippen LogP contribution >= 0.6 is 0 Å². The Morgan fingerprint density at radius 3 is 2.63 bits per heavy atom. The number of unbranched alkanes of at least 4 members (excludes halogenated alkanes) is 1. The Balaban J connectivity index is 1.82. The Labute approximate surface area is 113 Å². The summed E-state index contributed by atoms with van der Waals surface area (Å²) in [5.41, 5.74) is 0. The molecule has 2 aliphatic carbocycles. The van der Waals surface area contributed by atoms with Crippen molar-refractivity contribution in [3.05, 3.63) is 12.2 Å². The van der Waals surface area contributed by atoms with Crippen molar-refractivity contribution in [1.82, 2.24) is 10.2 Å². The average molecular weight is 266 g/mol. The van der Waals surface area contributed by atoms with Gasteiger partial charge in [0.25, 0.3) is 0 Å². The van der Waals surface area contributed by atoms with Crippen molar-refractivity contribution in [3.63, 3.8) is 0 Å². The Morgan fingerprint density at radius 1 is 1.37 bits per heavy atom. The first kappa shape index (κ1) is 13.9. The van der Waals surface area contributed by atoms with Crippen LogP contribution in [0, 0.1) is 5.92 Å². The summed E-state index contributed by atoms with van der Waals surface area (Å²) in [6.07, 6.45) is 8.20. The third kappa shape index (κ3) is 3.72. The minimum atomic E-state index is -0.821. The van der Waals surface area contributed by atoms with Gasteiger partial charge >= 0.3 is 12.0 Å². The number of nitrogens with zero attached hydrogens (tertiary/aromatic N) is 1. The lowest BCUT2D eigenvalue weighted by Crippen LogP contribution is -2.45. The number of carbonyl (C=O) groups is 2. The lowest BCUT2D eigenvalue weighted by Gasteiger charge is -2.24. The molecule has 0 radical (unpaired) electrons. The van der Waals surface area contributed by atoms with Crippen LogP contribution in [0.5, 0.6) is 0 Å². The molecule has 0 aromatic heterocycles. The van der Waals surface area contributed by atoms with E-state index in [-0.39, 0.29) is 12.1 Å². The Morgan fingerprint density at radius 2 is 2.11 bits per heavy atom. The molecule has 0 aromatic rings. The van der Waals surface area contributed by atoms with E-state index in [0.29, 0.717) is 12.5 Å². The summed E-state index contributed by atoms with van der Waals surface area (Å²) in [6.45, 7) is 2.91. The van der Waals surface area contributed by atoms with Crippen molar-refractivity contribution in [3.8, 4) is 0 Å². The molecule has 0 spiro atoms. The maximum atomic E-state index is 12.2. The van der Waals surface area contributed by atoms with E-state index in [1.54, 1.807) is 12.2 Å². The quantitative estimate of drug-likeness (QED) is 0.722. The molecule has 106 valence electrons. The molecule has 0 aliphatic heterocycles. The van der Waals surface area contributed by atoms with E-state index >= 15 is 0 Å². The number of urea groups is 1. The lowest BCUT2D eigenvalue weighted by atomic mass is 10.1. The first-order chi connectivity index (χ1) is 9.11. The van der Waals surface area contributed by atoms with Gasteiger partial charge < -0.3 is 15.3 Å². The summed E-state index contributed by atoms with van der Waals surface area (Å²) in [5.74, 6) is -1.28. The average Bonchev–Trinajstić information content (AvgIpc) is 3.09. The van der Waals surface area contributed by atoms with E-state index in [2.05, 4.69) is 12.2 Å². The molecule has 5 heteroatoms. The number of nitrogens with one attached hydrogen (secondary N) is 1. The van der Waals surface area contributed by atoms with E-state index in [1.807, 2.05) is 4.90 Å². The molecular weight excluding hydrogens is 244 g/mol. The molecule has 19 heavy (non-hydrogen) atoms. The largest absolute Gasteiger partial charge is 0.481 e. The van der Waals surface area contributed by atoms with Crippen molar-refractivity contribution in [1.29, 1.82) is 0 Å². The van der Waals surface area contributed by atoms with Gasteiger partial charge in [0, 0.05) is 12.6 Å². The van der Waals surface area contributed by atoms with Gasteiger partial charge in [-0.3, -0.25) is 4.79 Å². The number of carboxylic acid groups (broad SMARTS) is 1. The second kappa shape index (κ2) is 6.08. The van der Waals surface area contributed by atoms with E-state index in [0.717, 1.165) is 32.2 Å². The van der Waals surface area contributed by atoms with Crippen LogP contribution < -0.4 is 5.32 Å². The highest BCUT2D eigenvalue weighted by atomic mass is 16.4. The first-order valence-corrected chi connectivity index (χ1v) is 7.10. The Kier molecular flexibility index (Phi) is 4.45. The van der Waals surface area contributed by atoms with Crippen LogP contribution in [-0.2, 0) is 4.79 Å². The smallest absolute Gasteiger partial charge is 0.318 e. The van der Waals surface area contributed by atoms with Gasteiger partial charge in [0.05, 0.1) is 12.0 Å². The molecule has 2 unspecified atom stereocenters. The van der Waals surface area contributed by atoms with Gasteiger partial charge in [-0.2, -0.15) is 0 Å². The Bertz CT molecular complexity index is 377. The number of carbonyl (C=O) groups excluding carboxylic acids is 1. The second-order valence-electron chi connectivity index (χ2n) is 5.40. The summed E-state index contributed by atoms with van der Waals surface area (Å²) in [6, 6.07) is 0.209. The number of carboxylic acids is 1. The molecule has 0 saturated heterocycles. The molecule has 2 amide bonds. The SMILES string of the molecule is CCCCN(C(=O)NC1C=CC(C(=O)O)C1)C1CC1. The van der Waals surface area contributed by atoms with Crippen LogP contribution in [0.1, 0.15) is 39.0 Å². The predicted octanol–water partition coefficient (Wildman–Crippen LogP) is 1.99. The van der Waals surface area contributed by atoms with Gasteiger partial charge in [0.2, 0.25) is 0 Å². The van der Waals surface area contributed by atoms with Gasteiger partial charge in [-0.05, 0) is 25.7 Å². The van der Waals surface area contributed by atoms with Crippen LogP contribution in [0.25, 0.3) is 0 Å². The highest BCUT2D eigenvalue weighted by Gasteiger charge is 2.33. The van der Waals surface area contributed by atoms with Crippen molar-refractivity contribution in [2.75, 3.05) is 6.54 Å². The van der Waals surface area contributed by atoms with Crippen molar-refractivity contribution < 1.29 is 14.7 Å². The number of amides is 2. The molecule has 2 rings (SSSR count). The minimum Gasteiger partial charge on any atom is -0.481 e. The van der Waals surface area contributed by atoms with E-state index < -0.39 is 11.9 Å². The summed E-state index contributed by atoms with van der Waals surface area (Å²) in [5, 5.41) is 11.8. The number of rotatable bonds is 6. The summed E-state index contributed by atoms with van der Waals surface area (Å²) in [4.78, 5) is 25.0. The van der Waals surface area contributed by atoms with Crippen molar-refractivity contribution in [2.45, 2.75) is 51.1 Å². The molecule has 1 saturated carbocycles. The zero-order valence-corrected chi connectivity index (χ0v) is 11.3. The molecule has 2 aliphatic rings. The van der Waals surface area contributed by atoms with E-state index in [1.165, 1.54) is 0 Å². The molecular formula is C14H22N2O3. The number of hydrogen-bond donors (Lipinski definition) is 2. The molecule has 1 fully saturated rings. The maximum Gasteiger partial charge on any atom is 0.318 e.